The zero-order chi connectivity index (χ0) is 74.4. The molecule has 2 unspecified atom stereocenters. The van der Waals surface area contributed by atoms with Gasteiger partial charge >= 0.3 is 24.0 Å². The van der Waals surface area contributed by atoms with E-state index in [-0.39, 0.29) is 78.4 Å². The Morgan fingerprint density at radius 2 is 0.970 bits per heavy atom. The van der Waals surface area contributed by atoms with Crippen LogP contribution in [0.2, 0.25) is 0 Å². The molecule has 100 heavy (non-hydrogen) atoms. The number of amides is 10. The molecule has 2 aliphatic heterocycles. The molecule has 556 valence electrons. The minimum absolute atomic E-state index is 0.0536. The highest BCUT2D eigenvalue weighted by molar-refractivity contribution is 6.39. The minimum atomic E-state index is -1.05. The van der Waals surface area contributed by atoms with E-state index >= 15 is 0 Å². The van der Waals surface area contributed by atoms with E-state index in [0.29, 0.717) is 32.4 Å². The summed E-state index contributed by atoms with van der Waals surface area (Å²) in [4.78, 5) is 165. The number of carbonyl (C=O) groups is 12. The molecular weight excluding hydrogens is 1280 g/mol. The van der Waals surface area contributed by atoms with E-state index in [0.717, 1.165) is 76.2 Å². The van der Waals surface area contributed by atoms with Crippen LogP contribution in [0.1, 0.15) is 206 Å². The van der Waals surface area contributed by atoms with Gasteiger partial charge in [0.1, 0.15) is 48.5 Å². The number of esters is 2. The lowest BCUT2D eigenvalue weighted by atomic mass is 9.83. The number of fused-ring (bicyclic) bond motifs is 2. The minimum Gasteiger partial charge on any atom is -0.459 e. The molecule has 2 heterocycles. The lowest BCUT2D eigenvalue weighted by molar-refractivity contribution is -0.160. The van der Waals surface area contributed by atoms with Gasteiger partial charge in [-0.25, -0.2) is 19.2 Å². The van der Waals surface area contributed by atoms with Crippen molar-refractivity contribution in [3.8, 4) is 0 Å². The van der Waals surface area contributed by atoms with Gasteiger partial charge in [-0.15, -0.1) is 13.2 Å². The van der Waals surface area contributed by atoms with E-state index in [1.165, 1.54) is 17.1 Å². The van der Waals surface area contributed by atoms with Crippen LogP contribution in [0.5, 0.6) is 0 Å². The quantitative estimate of drug-likeness (QED) is 0.0214. The third-order valence-electron chi connectivity index (χ3n) is 21.2. The van der Waals surface area contributed by atoms with Crippen molar-refractivity contribution in [2.24, 2.45) is 57.2 Å². The molecule has 4 saturated carbocycles. The molecule has 0 spiro atoms. The first-order valence-corrected chi connectivity index (χ1v) is 36.5. The number of ketones is 2. The second-order valence-electron chi connectivity index (χ2n) is 32.8. The van der Waals surface area contributed by atoms with Gasteiger partial charge in [-0.1, -0.05) is 183 Å². The average molecular weight is 1400 g/mol. The summed E-state index contributed by atoms with van der Waals surface area (Å²) in [6.45, 7) is 36.4. The number of urea groups is 2. The molecule has 6 fully saturated rings. The monoisotopic (exact) mass is 1390 g/mol. The molecule has 24 nitrogen and oxygen atoms in total. The van der Waals surface area contributed by atoms with Crippen molar-refractivity contribution < 1.29 is 67.0 Å². The molecule has 0 radical (unpaired) electrons. The topological polar surface area (TPSA) is 326 Å². The van der Waals surface area contributed by atoms with Crippen molar-refractivity contribution in [1.29, 1.82) is 0 Å². The number of benzene rings is 1. The number of carbonyl (C=O) groups excluding carboxylic acids is 12. The fraction of sp³-hybridized carbons (Fsp3) is 0.711. The van der Waals surface area contributed by atoms with E-state index in [1.54, 1.807) is 25.7 Å². The second-order valence-corrected chi connectivity index (χ2v) is 32.8. The van der Waals surface area contributed by atoms with E-state index in [9.17, 15) is 57.5 Å². The summed E-state index contributed by atoms with van der Waals surface area (Å²) in [6, 6.07) is 0.353. The number of unbranched alkanes of at least 4 members (excludes halogenated alkanes) is 1. The third-order valence-corrected chi connectivity index (χ3v) is 21.2. The van der Waals surface area contributed by atoms with Crippen molar-refractivity contribution in [3.63, 3.8) is 0 Å². The number of likely N-dealkylation sites (tertiary alicyclic amines) is 2. The molecule has 1 aromatic rings. The molecule has 24 heteroatoms. The Bertz CT molecular complexity index is 3120. The molecule has 12 atom stereocenters. The first kappa shape index (κ1) is 81.3. The Labute approximate surface area is 593 Å². The largest absolute Gasteiger partial charge is 0.459 e. The first-order chi connectivity index (χ1) is 46.8. The van der Waals surface area contributed by atoms with Crippen molar-refractivity contribution in [2.45, 2.75) is 261 Å². The predicted molar refractivity (Wildman–Crippen MR) is 380 cm³/mol. The number of nitrogens with one attached hydrogen (secondary N) is 8. The van der Waals surface area contributed by atoms with Crippen molar-refractivity contribution in [1.82, 2.24) is 52.3 Å². The maximum Gasteiger partial charge on any atom is 0.329 e. The SMILES string of the molecule is C=CCNC(=O)C(=O)C(CCC)NC(=O)[C@@H]1[C@@H]2[C@H](CN1C(=O)[C@@H](NC(=O)N[C@H](C(=O)OCc1ccccc1)C1CCCCC1)C(C)(C)C)C2(C)C.C=CCNC(=O)C(=O)C(CCCC)NC(=O)[C@@H]1[C@@H]2[C@H](CN1C(=O)[C@@H](NC(=O)N[C@H](C(=O)OC(C)(C)C)C(C)(C)C)C1CCCCC1)C2(C)C. The summed E-state index contributed by atoms with van der Waals surface area (Å²) in [7, 11) is 0. The number of Topliss-reactive ketones (excluding diaryl/α,β-unsaturated/α-hetero) is 2. The zero-order valence-corrected chi connectivity index (χ0v) is 62.3. The molecular formula is C76H118N10O14. The molecule has 4 aliphatic carbocycles. The predicted octanol–water partition coefficient (Wildman–Crippen LogP) is 8.05. The van der Waals surface area contributed by atoms with Crippen LogP contribution in [-0.2, 0) is 64.0 Å². The van der Waals surface area contributed by atoms with Crippen molar-refractivity contribution >= 4 is 71.0 Å². The number of hydrogen-bond acceptors (Lipinski definition) is 14. The number of rotatable bonds is 29. The summed E-state index contributed by atoms with van der Waals surface area (Å²) in [5, 5.41) is 22.0. The van der Waals surface area contributed by atoms with Crippen LogP contribution in [0, 0.1) is 57.2 Å². The Hall–Kier alpha value is -7.66. The van der Waals surface area contributed by atoms with E-state index < -0.39 is 130 Å². The van der Waals surface area contributed by atoms with Gasteiger partial charge in [0.15, 0.2) is 0 Å². The highest BCUT2D eigenvalue weighted by Gasteiger charge is 2.71. The molecule has 7 rings (SSSR count). The standard InChI is InChI=1S/C39H57N5O7.C37H61N5O7/c1-8-16-27(31(45)34(47)40-21-9-2)41-33(46)30-28-26(39(28,6)7)22-44(30)35(48)32(38(3,4)5)43-37(50)42-29(25-19-14-11-15-20-25)36(49)51-23-24-17-12-10-13-18-24;1-11-13-19-24(28(43)31(45)38-20-12-2)39-30(44)27-25-23(37(25,9)10)21-42(27)32(46)26(22-17-15-14-16-18-22)40-34(48)41-29(35(3,4)5)33(47)49-36(6,7)8/h9-10,12-13,17-18,25-30,32H,2,8,11,14-16,19-23H2,1,3-7H3,(H,40,47)(H,41,46)(H2,42,43,50);12,22-27,29H,2,11,13-21H2,1,3-10H3,(H,38,45)(H,39,44)(H2,40,41,48)/t26-,27?,28-,29-,30-,32+;23-,24?,25-,26-,27-,29+/m00/s1. The Morgan fingerprint density at radius 1 is 0.540 bits per heavy atom. The van der Waals surface area contributed by atoms with Crippen LogP contribution < -0.4 is 42.5 Å². The fourth-order valence-electron chi connectivity index (χ4n) is 15.3. The second kappa shape index (κ2) is 34.8. The zero-order valence-electron chi connectivity index (χ0n) is 62.3. The number of piperidine rings is 2. The van der Waals surface area contributed by atoms with Crippen molar-refractivity contribution in [2.75, 3.05) is 26.2 Å². The van der Waals surface area contributed by atoms with E-state index in [2.05, 4.69) is 83.4 Å². The van der Waals surface area contributed by atoms with E-state index in [1.807, 2.05) is 85.7 Å². The van der Waals surface area contributed by atoms with Gasteiger partial charge in [0, 0.05) is 26.2 Å². The normalized spacial score (nSPS) is 23.1. The van der Waals surface area contributed by atoms with Crippen LogP contribution >= 0.6 is 0 Å². The summed E-state index contributed by atoms with van der Waals surface area (Å²) < 4.78 is 11.3. The molecule has 1 aromatic carbocycles. The van der Waals surface area contributed by atoms with Gasteiger partial charge in [-0.3, -0.25) is 38.4 Å². The molecule has 6 aliphatic rings. The molecule has 0 bridgehead atoms. The smallest absolute Gasteiger partial charge is 0.329 e. The van der Waals surface area contributed by atoms with Gasteiger partial charge in [0.05, 0.1) is 12.1 Å². The maximum absolute atomic E-state index is 14.6. The van der Waals surface area contributed by atoms with Gasteiger partial charge in [0.2, 0.25) is 35.2 Å². The maximum atomic E-state index is 14.6. The van der Waals surface area contributed by atoms with Crippen LogP contribution in [0.4, 0.5) is 9.59 Å². The molecule has 0 aromatic heterocycles. The first-order valence-electron chi connectivity index (χ1n) is 36.5. The highest BCUT2D eigenvalue weighted by Crippen LogP contribution is 2.66. The number of hydrogen-bond donors (Lipinski definition) is 8. The Morgan fingerprint density at radius 3 is 1.40 bits per heavy atom. The lowest BCUT2D eigenvalue weighted by Crippen LogP contribution is -2.62. The summed E-state index contributed by atoms with van der Waals surface area (Å²) in [5.41, 5.74) is -1.77. The molecule has 8 N–H and O–H groups in total. The highest BCUT2D eigenvalue weighted by atomic mass is 16.6. The van der Waals surface area contributed by atoms with Gasteiger partial charge in [0.25, 0.3) is 11.8 Å². The fourth-order valence-corrected chi connectivity index (χ4v) is 15.3. The van der Waals surface area contributed by atoms with Crippen LogP contribution in [0.15, 0.2) is 55.6 Å². The summed E-state index contributed by atoms with van der Waals surface area (Å²) in [5.74, 6) is -6.34. The summed E-state index contributed by atoms with van der Waals surface area (Å²) >= 11 is 0. The number of ether oxygens (including phenoxy) is 2. The van der Waals surface area contributed by atoms with Gasteiger partial charge in [-0.05, 0) is 122 Å². The van der Waals surface area contributed by atoms with Crippen LogP contribution in [0.3, 0.4) is 0 Å². The Kier molecular flexibility index (Phi) is 28.3. The lowest BCUT2D eigenvalue weighted by Gasteiger charge is -2.38. The van der Waals surface area contributed by atoms with E-state index in [4.69, 9.17) is 9.47 Å². The van der Waals surface area contributed by atoms with Gasteiger partial charge in [-0.2, -0.15) is 0 Å². The number of nitrogens with zero attached hydrogens (tertiary/aromatic N) is 2. The average Bonchev–Trinajstić information content (AvgIpc) is 1.53. The molecule has 2 saturated heterocycles. The van der Waals surface area contributed by atoms with Crippen LogP contribution in [-0.4, -0.2) is 161 Å². The van der Waals surface area contributed by atoms with Crippen LogP contribution in [0.25, 0.3) is 0 Å². The van der Waals surface area contributed by atoms with Crippen molar-refractivity contribution in [3.05, 3.63) is 61.2 Å². The van der Waals surface area contributed by atoms with Gasteiger partial charge < -0.3 is 61.8 Å². The summed E-state index contributed by atoms with van der Waals surface area (Å²) in [6.07, 6.45) is 14.3. The molecule has 10 amide bonds. The third kappa shape index (κ3) is 21.0. The Balaban J connectivity index is 0.000000315.